The van der Waals surface area contributed by atoms with E-state index in [-0.39, 0.29) is 19.4 Å². The quantitative estimate of drug-likeness (QED) is 0.706. The van der Waals surface area contributed by atoms with Crippen LogP contribution in [0.2, 0.25) is 0 Å². The Balaban J connectivity index is 4.23. The number of ether oxygens (including phenoxy) is 1. The zero-order valence-electron chi connectivity index (χ0n) is 9.02. The Hall–Kier alpha value is -1.59. The molecule has 0 saturated heterocycles. The van der Waals surface area contributed by atoms with Crippen LogP contribution in [0.25, 0.3) is 0 Å². The molecule has 0 aliphatic carbocycles. The molecule has 2 amide bonds. The number of imide groups is 1. The van der Waals surface area contributed by atoms with E-state index in [0.717, 1.165) is 0 Å². The summed E-state index contributed by atoms with van der Waals surface area (Å²) in [6.07, 6.45) is -0.867. The van der Waals surface area contributed by atoms with Crippen LogP contribution >= 0.6 is 0 Å². The standard InChI is InChI=1S/C9H15NO5/c1-9(2,3)15-8(14)10(6-11)5-4-7(12)13/h6H,4-5H2,1-3H3,(H,12,13). The first-order valence-electron chi connectivity index (χ1n) is 4.43. The van der Waals surface area contributed by atoms with Crippen LogP contribution in [-0.2, 0) is 14.3 Å². The molecule has 1 N–H and O–H groups in total. The summed E-state index contributed by atoms with van der Waals surface area (Å²) in [5.74, 6) is -1.08. The van der Waals surface area contributed by atoms with Crippen LogP contribution < -0.4 is 0 Å². The molecule has 86 valence electrons. The van der Waals surface area contributed by atoms with Crippen molar-refractivity contribution in [3.05, 3.63) is 0 Å². The van der Waals surface area contributed by atoms with Crippen LogP contribution in [0, 0.1) is 0 Å². The highest BCUT2D eigenvalue weighted by Crippen LogP contribution is 2.09. The van der Waals surface area contributed by atoms with Gasteiger partial charge in [-0.05, 0) is 20.8 Å². The van der Waals surface area contributed by atoms with Gasteiger partial charge in [-0.3, -0.25) is 9.59 Å². The van der Waals surface area contributed by atoms with Gasteiger partial charge in [-0.1, -0.05) is 0 Å². The van der Waals surface area contributed by atoms with Crippen molar-refractivity contribution in [1.82, 2.24) is 4.90 Å². The summed E-state index contributed by atoms with van der Waals surface area (Å²) in [6.45, 7) is 4.79. The zero-order valence-corrected chi connectivity index (χ0v) is 9.02. The largest absolute Gasteiger partial charge is 0.481 e. The van der Waals surface area contributed by atoms with Gasteiger partial charge >= 0.3 is 12.1 Å². The van der Waals surface area contributed by atoms with Gasteiger partial charge < -0.3 is 9.84 Å². The van der Waals surface area contributed by atoms with E-state index in [1.165, 1.54) is 0 Å². The number of carboxylic acids is 1. The lowest BCUT2D eigenvalue weighted by Gasteiger charge is -2.23. The van der Waals surface area contributed by atoms with Crippen molar-refractivity contribution in [3.8, 4) is 0 Å². The predicted molar refractivity (Wildman–Crippen MR) is 51.3 cm³/mol. The highest BCUT2D eigenvalue weighted by atomic mass is 16.6. The number of rotatable bonds is 4. The fraction of sp³-hybridized carbons (Fsp3) is 0.667. The van der Waals surface area contributed by atoms with Crippen molar-refractivity contribution in [2.75, 3.05) is 6.54 Å². The average Bonchev–Trinajstić information content (AvgIpc) is 2.01. The number of carboxylic acid groups (broad SMARTS) is 1. The second-order valence-electron chi connectivity index (χ2n) is 3.92. The number of carbonyl (C=O) groups is 3. The minimum absolute atomic E-state index is 0.187. The molecule has 0 saturated carbocycles. The smallest absolute Gasteiger partial charge is 0.416 e. The van der Waals surface area contributed by atoms with E-state index in [1.807, 2.05) is 0 Å². The Morgan fingerprint density at radius 3 is 2.27 bits per heavy atom. The first-order chi connectivity index (χ1) is 6.76. The van der Waals surface area contributed by atoms with E-state index >= 15 is 0 Å². The molecular formula is C9H15NO5. The summed E-state index contributed by atoms with van der Waals surface area (Å²) in [5.41, 5.74) is -0.707. The molecule has 0 aliphatic heterocycles. The predicted octanol–water partition coefficient (Wildman–Crippen LogP) is 0.855. The number of carbonyl (C=O) groups excluding carboxylic acids is 2. The van der Waals surface area contributed by atoms with Crippen LogP contribution in [0.5, 0.6) is 0 Å². The highest BCUT2D eigenvalue weighted by Gasteiger charge is 2.21. The normalized spacial score (nSPS) is 10.6. The first kappa shape index (κ1) is 13.4. The molecule has 0 fully saturated rings. The van der Waals surface area contributed by atoms with Crippen molar-refractivity contribution < 1.29 is 24.2 Å². The number of aliphatic carboxylic acids is 1. The molecule has 0 bridgehead atoms. The highest BCUT2D eigenvalue weighted by molar-refractivity contribution is 5.81. The fourth-order valence-electron chi connectivity index (χ4n) is 0.724. The van der Waals surface area contributed by atoms with Crippen LogP contribution in [0.3, 0.4) is 0 Å². The minimum atomic E-state index is -1.08. The minimum Gasteiger partial charge on any atom is -0.481 e. The molecule has 0 heterocycles. The van der Waals surface area contributed by atoms with Gasteiger partial charge in [0.15, 0.2) is 0 Å². The summed E-state index contributed by atoms with van der Waals surface area (Å²) in [6, 6.07) is 0. The Morgan fingerprint density at radius 1 is 1.40 bits per heavy atom. The van der Waals surface area contributed by atoms with Crippen LogP contribution in [0.15, 0.2) is 0 Å². The van der Waals surface area contributed by atoms with E-state index in [0.29, 0.717) is 4.90 Å². The lowest BCUT2D eigenvalue weighted by atomic mass is 10.2. The molecule has 15 heavy (non-hydrogen) atoms. The summed E-state index contributed by atoms with van der Waals surface area (Å²) >= 11 is 0. The van der Waals surface area contributed by atoms with E-state index in [4.69, 9.17) is 9.84 Å². The number of hydrogen-bond donors (Lipinski definition) is 1. The van der Waals surface area contributed by atoms with Crippen molar-refractivity contribution in [2.24, 2.45) is 0 Å². The van der Waals surface area contributed by atoms with Crippen molar-refractivity contribution in [2.45, 2.75) is 32.8 Å². The molecule has 6 nitrogen and oxygen atoms in total. The molecule has 0 unspecified atom stereocenters. The summed E-state index contributed by atoms with van der Waals surface area (Å²) < 4.78 is 4.89. The van der Waals surface area contributed by atoms with Gasteiger partial charge in [0.2, 0.25) is 6.41 Å². The van der Waals surface area contributed by atoms with Crippen LogP contribution in [0.1, 0.15) is 27.2 Å². The maximum Gasteiger partial charge on any atom is 0.416 e. The number of nitrogens with zero attached hydrogens (tertiary/aromatic N) is 1. The van der Waals surface area contributed by atoms with Gasteiger partial charge in [-0.15, -0.1) is 0 Å². The summed E-state index contributed by atoms with van der Waals surface area (Å²) in [5, 5.41) is 8.38. The molecule has 0 aromatic heterocycles. The first-order valence-corrected chi connectivity index (χ1v) is 4.43. The molecule has 0 radical (unpaired) electrons. The third-order valence-corrected chi connectivity index (χ3v) is 1.32. The van der Waals surface area contributed by atoms with Gasteiger partial charge in [0.05, 0.1) is 6.42 Å². The third-order valence-electron chi connectivity index (χ3n) is 1.32. The fourth-order valence-corrected chi connectivity index (χ4v) is 0.724. The SMILES string of the molecule is CC(C)(C)OC(=O)N(C=O)CCC(=O)O. The second-order valence-corrected chi connectivity index (χ2v) is 3.92. The van der Waals surface area contributed by atoms with Gasteiger partial charge in [0.1, 0.15) is 5.60 Å². The Morgan fingerprint density at radius 2 is 1.93 bits per heavy atom. The molecule has 0 aromatic carbocycles. The van der Waals surface area contributed by atoms with Crippen molar-refractivity contribution >= 4 is 18.5 Å². The van der Waals surface area contributed by atoms with Crippen LogP contribution in [-0.4, -0.2) is 40.6 Å². The maximum absolute atomic E-state index is 11.3. The molecule has 0 atom stereocenters. The van der Waals surface area contributed by atoms with Gasteiger partial charge in [-0.2, -0.15) is 0 Å². The third kappa shape index (κ3) is 6.48. The lowest BCUT2D eigenvalue weighted by Crippen LogP contribution is -2.37. The topological polar surface area (TPSA) is 83.9 Å². The van der Waals surface area contributed by atoms with E-state index in [1.54, 1.807) is 20.8 Å². The zero-order chi connectivity index (χ0) is 12.1. The van der Waals surface area contributed by atoms with E-state index in [2.05, 4.69) is 0 Å². The van der Waals surface area contributed by atoms with E-state index in [9.17, 15) is 14.4 Å². The summed E-state index contributed by atoms with van der Waals surface area (Å²) in [4.78, 5) is 32.7. The van der Waals surface area contributed by atoms with Crippen molar-refractivity contribution in [3.63, 3.8) is 0 Å². The summed E-state index contributed by atoms with van der Waals surface area (Å²) in [7, 11) is 0. The molecule has 0 rings (SSSR count). The monoisotopic (exact) mass is 217 g/mol. The molecule has 6 heteroatoms. The van der Waals surface area contributed by atoms with Crippen LogP contribution in [0.4, 0.5) is 4.79 Å². The molecule has 0 aromatic rings. The number of hydrogen-bond acceptors (Lipinski definition) is 4. The lowest BCUT2D eigenvalue weighted by molar-refractivity contribution is -0.137. The Labute approximate surface area is 87.8 Å². The Bertz CT molecular complexity index is 256. The molecule has 0 spiro atoms. The molecule has 0 aliphatic rings. The number of amides is 2. The molecular weight excluding hydrogens is 202 g/mol. The van der Waals surface area contributed by atoms with Crippen molar-refractivity contribution in [1.29, 1.82) is 0 Å². The van der Waals surface area contributed by atoms with Gasteiger partial charge in [-0.25, -0.2) is 9.69 Å². The van der Waals surface area contributed by atoms with Gasteiger partial charge in [0, 0.05) is 6.54 Å². The van der Waals surface area contributed by atoms with E-state index < -0.39 is 17.7 Å². The Kier molecular flexibility index (Phi) is 4.77. The second kappa shape index (κ2) is 5.33. The van der Waals surface area contributed by atoms with Gasteiger partial charge in [0.25, 0.3) is 0 Å². The maximum atomic E-state index is 11.3. The average molecular weight is 217 g/mol.